The minimum Gasteiger partial charge on any atom is -0.463 e. The van der Waals surface area contributed by atoms with E-state index in [1.807, 2.05) is 0 Å². The molecule has 1 N–H and O–H groups in total. The Hall–Kier alpha value is -1.26. The van der Waals surface area contributed by atoms with Gasteiger partial charge in [0.25, 0.3) is 0 Å². The van der Waals surface area contributed by atoms with E-state index < -0.39 is 17.6 Å². The lowest BCUT2D eigenvalue weighted by atomic mass is 10.3. The van der Waals surface area contributed by atoms with Gasteiger partial charge in [-0.15, -0.1) is 0 Å². The molecule has 11 heavy (non-hydrogen) atoms. The van der Waals surface area contributed by atoms with Crippen molar-refractivity contribution in [3.05, 3.63) is 24.2 Å². The molecule has 1 heterocycles. The van der Waals surface area contributed by atoms with Gasteiger partial charge in [0.05, 0.1) is 6.26 Å². The average Bonchev–Trinajstić information content (AvgIpc) is 2.34. The summed E-state index contributed by atoms with van der Waals surface area (Å²) in [6, 6.07) is 2.39. The van der Waals surface area contributed by atoms with Crippen molar-refractivity contribution < 1.29 is 17.6 Å². The van der Waals surface area contributed by atoms with Gasteiger partial charge in [-0.2, -0.15) is 13.2 Å². The third kappa shape index (κ3) is 1.60. The fraction of sp³-hybridized carbons (Fsp3) is 0.167. The summed E-state index contributed by atoms with van der Waals surface area (Å²) in [6.07, 6.45) is -3.53. The van der Waals surface area contributed by atoms with Crippen molar-refractivity contribution in [3.63, 3.8) is 0 Å². The van der Waals surface area contributed by atoms with Crippen molar-refractivity contribution in [1.82, 2.24) is 0 Å². The zero-order valence-corrected chi connectivity index (χ0v) is 5.27. The van der Waals surface area contributed by atoms with E-state index in [9.17, 15) is 13.2 Å². The lowest BCUT2D eigenvalue weighted by Crippen LogP contribution is -2.22. The Bertz CT molecular complexity index is 249. The van der Waals surface area contributed by atoms with Crippen molar-refractivity contribution in [2.45, 2.75) is 6.18 Å². The first kappa shape index (κ1) is 7.84. The second-order valence-electron chi connectivity index (χ2n) is 1.85. The van der Waals surface area contributed by atoms with Crippen molar-refractivity contribution >= 4 is 5.71 Å². The number of furan rings is 1. The normalized spacial score (nSPS) is 11.5. The maximum atomic E-state index is 11.7. The van der Waals surface area contributed by atoms with Crippen LogP contribution in [0.3, 0.4) is 0 Å². The summed E-state index contributed by atoms with van der Waals surface area (Å²) in [6.45, 7) is 0. The third-order valence-corrected chi connectivity index (χ3v) is 1.05. The number of hydrogen-bond donors (Lipinski definition) is 1. The Morgan fingerprint density at radius 1 is 1.45 bits per heavy atom. The first-order chi connectivity index (χ1) is 5.02. The molecule has 0 atom stereocenters. The second kappa shape index (κ2) is 2.41. The lowest BCUT2D eigenvalue weighted by Gasteiger charge is -2.03. The summed E-state index contributed by atoms with van der Waals surface area (Å²) in [5, 5.41) is 6.58. The van der Waals surface area contributed by atoms with Crippen LogP contribution < -0.4 is 0 Å². The molecular weight excluding hydrogens is 159 g/mol. The summed E-state index contributed by atoms with van der Waals surface area (Å²) < 4.78 is 39.6. The molecule has 2 nitrogen and oxygen atoms in total. The SMILES string of the molecule is N=C(c1ccco1)C(F)(F)F. The van der Waals surface area contributed by atoms with Gasteiger partial charge in [0.1, 0.15) is 0 Å². The van der Waals surface area contributed by atoms with Crippen LogP contribution >= 0.6 is 0 Å². The maximum Gasteiger partial charge on any atom is 0.436 e. The second-order valence-corrected chi connectivity index (χ2v) is 1.85. The Morgan fingerprint density at radius 3 is 2.45 bits per heavy atom. The van der Waals surface area contributed by atoms with Gasteiger partial charge < -0.3 is 4.42 Å². The van der Waals surface area contributed by atoms with Gasteiger partial charge in [0.2, 0.25) is 0 Å². The molecule has 0 saturated heterocycles. The molecule has 0 aromatic carbocycles. The lowest BCUT2D eigenvalue weighted by molar-refractivity contribution is -0.0596. The van der Waals surface area contributed by atoms with Gasteiger partial charge in [-0.3, -0.25) is 5.41 Å². The van der Waals surface area contributed by atoms with Crippen LogP contribution in [0.2, 0.25) is 0 Å². The Morgan fingerprint density at radius 2 is 2.09 bits per heavy atom. The fourth-order valence-corrected chi connectivity index (χ4v) is 0.561. The summed E-state index contributed by atoms with van der Waals surface area (Å²) in [5.41, 5.74) is -1.46. The van der Waals surface area contributed by atoms with Gasteiger partial charge in [0, 0.05) is 0 Å². The highest BCUT2D eigenvalue weighted by Crippen LogP contribution is 2.21. The van der Waals surface area contributed by atoms with E-state index >= 15 is 0 Å². The van der Waals surface area contributed by atoms with E-state index in [2.05, 4.69) is 4.42 Å². The Kier molecular flexibility index (Phi) is 1.72. The van der Waals surface area contributed by atoms with Crippen molar-refractivity contribution in [2.24, 2.45) is 0 Å². The van der Waals surface area contributed by atoms with Crippen LogP contribution in [-0.2, 0) is 0 Å². The predicted molar refractivity (Wildman–Crippen MR) is 31.6 cm³/mol. The summed E-state index contributed by atoms with van der Waals surface area (Å²) in [4.78, 5) is 0. The monoisotopic (exact) mass is 163 g/mol. The van der Waals surface area contributed by atoms with E-state index in [0.29, 0.717) is 0 Å². The minimum absolute atomic E-state index is 0.461. The van der Waals surface area contributed by atoms with Crippen LogP contribution in [0.4, 0.5) is 13.2 Å². The zero-order valence-electron chi connectivity index (χ0n) is 5.27. The topological polar surface area (TPSA) is 37.0 Å². The Labute approximate surface area is 60.1 Å². The maximum absolute atomic E-state index is 11.7. The molecule has 0 unspecified atom stereocenters. The standard InChI is InChI=1S/C6H4F3NO/c7-6(8,9)5(10)4-2-1-3-11-4/h1-3,10H. The molecule has 0 radical (unpaired) electrons. The van der Waals surface area contributed by atoms with Gasteiger partial charge in [0.15, 0.2) is 11.5 Å². The van der Waals surface area contributed by atoms with E-state index in [-0.39, 0.29) is 0 Å². The summed E-state index contributed by atoms with van der Waals surface area (Å²) >= 11 is 0. The molecule has 1 aromatic heterocycles. The molecule has 0 spiro atoms. The van der Waals surface area contributed by atoms with Crippen molar-refractivity contribution in [1.29, 1.82) is 5.41 Å². The third-order valence-electron chi connectivity index (χ3n) is 1.05. The quantitative estimate of drug-likeness (QED) is 0.633. The number of alkyl halides is 3. The van der Waals surface area contributed by atoms with Gasteiger partial charge in [-0.1, -0.05) is 0 Å². The smallest absolute Gasteiger partial charge is 0.436 e. The van der Waals surface area contributed by atoms with Crippen LogP contribution in [0, 0.1) is 5.41 Å². The number of hydrogen-bond acceptors (Lipinski definition) is 2. The highest BCUT2D eigenvalue weighted by atomic mass is 19.4. The number of halogens is 3. The first-order valence-corrected chi connectivity index (χ1v) is 2.71. The molecule has 0 aliphatic heterocycles. The molecule has 0 bridgehead atoms. The summed E-state index contributed by atoms with van der Waals surface area (Å²) in [5.74, 6) is -0.461. The van der Waals surface area contributed by atoms with Crippen LogP contribution in [0.1, 0.15) is 5.76 Å². The van der Waals surface area contributed by atoms with E-state index in [0.717, 1.165) is 12.3 Å². The highest BCUT2D eigenvalue weighted by Gasteiger charge is 2.36. The molecule has 0 aliphatic carbocycles. The molecule has 0 amide bonds. The molecule has 1 rings (SSSR count). The highest BCUT2D eigenvalue weighted by molar-refractivity contribution is 5.99. The Balaban J connectivity index is 2.88. The largest absolute Gasteiger partial charge is 0.463 e. The first-order valence-electron chi connectivity index (χ1n) is 2.71. The average molecular weight is 163 g/mol. The van der Waals surface area contributed by atoms with E-state index in [4.69, 9.17) is 5.41 Å². The van der Waals surface area contributed by atoms with E-state index in [1.165, 1.54) is 6.07 Å². The van der Waals surface area contributed by atoms with Crippen LogP contribution in [-0.4, -0.2) is 11.9 Å². The molecule has 0 saturated carbocycles. The molecule has 5 heteroatoms. The number of nitrogens with one attached hydrogen (secondary N) is 1. The molecule has 0 fully saturated rings. The van der Waals surface area contributed by atoms with Crippen LogP contribution in [0.5, 0.6) is 0 Å². The predicted octanol–water partition coefficient (Wildman–Crippen LogP) is 2.21. The van der Waals surface area contributed by atoms with Crippen LogP contribution in [0.25, 0.3) is 0 Å². The van der Waals surface area contributed by atoms with Crippen molar-refractivity contribution in [2.75, 3.05) is 0 Å². The molecule has 1 aromatic rings. The molecule has 0 aliphatic rings. The minimum atomic E-state index is -4.63. The van der Waals surface area contributed by atoms with E-state index in [1.54, 1.807) is 0 Å². The van der Waals surface area contributed by atoms with Gasteiger partial charge >= 0.3 is 6.18 Å². The van der Waals surface area contributed by atoms with Crippen molar-refractivity contribution in [3.8, 4) is 0 Å². The number of rotatable bonds is 1. The summed E-state index contributed by atoms with van der Waals surface area (Å²) in [7, 11) is 0. The molecule has 60 valence electrons. The van der Waals surface area contributed by atoms with Gasteiger partial charge in [-0.25, -0.2) is 0 Å². The molecular formula is C6H4F3NO. The fourth-order valence-electron chi connectivity index (χ4n) is 0.561. The van der Waals surface area contributed by atoms with Crippen LogP contribution in [0.15, 0.2) is 22.8 Å². The van der Waals surface area contributed by atoms with Gasteiger partial charge in [-0.05, 0) is 12.1 Å². The zero-order chi connectivity index (χ0) is 8.48.